The summed E-state index contributed by atoms with van der Waals surface area (Å²) >= 11 is 0. The number of aromatic amines is 1. The van der Waals surface area contributed by atoms with E-state index in [2.05, 4.69) is 33.7 Å². The molecule has 0 aliphatic carbocycles. The fourth-order valence-electron chi connectivity index (χ4n) is 2.46. The van der Waals surface area contributed by atoms with Crippen LogP contribution in [-0.2, 0) is 0 Å². The number of benzene rings is 2. The minimum Gasteiger partial charge on any atom is -0.436 e. The van der Waals surface area contributed by atoms with E-state index < -0.39 is 0 Å². The van der Waals surface area contributed by atoms with Crippen LogP contribution in [0.15, 0.2) is 58.5 Å². The van der Waals surface area contributed by atoms with Crippen molar-refractivity contribution in [1.29, 1.82) is 0 Å². The molecule has 2 aromatic heterocycles. The van der Waals surface area contributed by atoms with E-state index in [9.17, 15) is 4.79 Å². The van der Waals surface area contributed by atoms with E-state index in [1.807, 2.05) is 30.3 Å². The molecule has 0 unspecified atom stereocenters. The molecule has 0 radical (unpaired) electrons. The van der Waals surface area contributed by atoms with Crippen LogP contribution >= 0.6 is 9.03 Å². The topological polar surface area (TPSA) is 93.1 Å². The SMILES string of the molecule is O=c1cnc2c(Oc3ccc(N=P)c4ccccc34)ncnc2[nH]1. The molecule has 24 heavy (non-hydrogen) atoms. The highest BCUT2D eigenvalue weighted by Crippen LogP contribution is 2.36. The van der Waals surface area contributed by atoms with E-state index in [0.717, 1.165) is 16.5 Å². The van der Waals surface area contributed by atoms with Crippen LogP contribution in [0.3, 0.4) is 0 Å². The zero-order valence-corrected chi connectivity index (χ0v) is 13.2. The van der Waals surface area contributed by atoms with Crippen molar-refractivity contribution in [3.05, 3.63) is 59.3 Å². The van der Waals surface area contributed by atoms with Gasteiger partial charge in [0.15, 0.2) is 11.2 Å². The summed E-state index contributed by atoms with van der Waals surface area (Å²) in [6, 6.07) is 11.4. The molecule has 2 aromatic carbocycles. The van der Waals surface area contributed by atoms with Crippen molar-refractivity contribution in [2.75, 3.05) is 0 Å². The summed E-state index contributed by atoms with van der Waals surface area (Å²) in [7, 11) is 3.18. The van der Waals surface area contributed by atoms with Gasteiger partial charge < -0.3 is 9.72 Å². The predicted molar refractivity (Wildman–Crippen MR) is 92.4 cm³/mol. The molecule has 4 aromatic rings. The molecule has 0 bridgehead atoms. The first kappa shape index (κ1) is 14.4. The highest BCUT2D eigenvalue weighted by atomic mass is 31.0. The first-order valence-electron chi connectivity index (χ1n) is 7.03. The predicted octanol–water partition coefficient (Wildman–Crippen LogP) is 3.62. The molecule has 0 saturated carbocycles. The number of fused-ring (bicyclic) bond motifs is 2. The van der Waals surface area contributed by atoms with Crippen LogP contribution in [0.5, 0.6) is 11.6 Å². The van der Waals surface area contributed by atoms with Crippen LogP contribution in [0.25, 0.3) is 21.9 Å². The summed E-state index contributed by atoms with van der Waals surface area (Å²) in [6.45, 7) is 0. The van der Waals surface area contributed by atoms with Crippen molar-refractivity contribution in [3.8, 4) is 11.6 Å². The fourth-order valence-corrected chi connectivity index (χ4v) is 2.66. The summed E-state index contributed by atoms with van der Waals surface area (Å²) in [5, 5.41) is 1.82. The molecule has 0 atom stereocenters. The maximum Gasteiger partial charge on any atom is 0.268 e. The molecule has 0 amide bonds. The van der Waals surface area contributed by atoms with Crippen LogP contribution < -0.4 is 10.3 Å². The Morgan fingerprint density at radius 1 is 1.04 bits per heavy atom. The third kappa shape index (κ3) is 2.41. The quantitative estimate of drug-likeness (QED) is 0.577. The summed E-state index contributed by atoms with van der Waals surface area (Å²) in [5.41, 5.74) is 1.17. The molecular formula is C16H10N5O2P. The molecule has 8 heteroatoms. The fraction of sp³-hybridized carbons (Fsp3) is 0. The largest absolute Gasteiger partial charge is 0.436 e. The lowest BCUT2D eigenvalue weighted by Crippen LogP contribution is -2.07. The van der Waals surface area contributed by atoms with E-state index in [1.165, 1.54) is 12.5 Å². The van der Waals surface area contributed by atoms with E-state index >= 15 is 0 Å². The first-order chi connectivity index (χ1) is 11.8. The number of nitrogens with one attached hydrogen (secondary N) is 1. The van der Waals surface area contributed by atoms with E-state index in [1.54, 1.807) is 6.07 Å². The van der Waals surface area contributed by atoms with Gasteiger partial charge in [0.1, 0.15) is 12.1 Å². The van der Waals surface area contributed by atoms with Crippen molar-refractivity contribution in [1.82, 2.24) is 19.9 Å². The Morgan fingerprint density at radius 3 is 2.71 bits per heavy atom. The highest BCUT2D eigenvalue weighted by Gasteiger charge is 2.11. The lowest BCUT2D eigenvalue weighted by molar-refractivity contribution is 0.472. The minimum absolute atomic E-state index is 0.268. The number of aromatic nitrogens is 4. The molecule has 1 N–H and O–H groups in total. The Hall–Kier alpha value is -3.18. The van der Waals surface area contributed by atoms with Crippen molar-refractivity contribution < 1.29 is 4.74 Å². The van der Waals surface area contributed by atoms with E-state index in [-0.39, 0.29) is 11.4 Å². The Morgan fingerprint density at radius 2 is 1.88 bits per heavy atom. The van der Waals surface area contributed by atoms with Gasteiger partial charge in [-0.3, -0.25) is 4.79 Å². The molecule has 0 fully saturated rings. The number of hydrogen-bond acceptors (Lipinski definition) is 6. The Labute approximate surface area is 137 Å². The zero-order valence-electron chi connectivity index (χ0n) is 12.2. The molecular weight excluding hydrogens is 325 g/mol. The normalized spacial score (nSPS) is 10.8. The maximum atomic E-state index is 11.4. The Balaban J connectivity index is 1.89. The smallest absolute Gasteiger partial charge is 0.268 e. The van der Waals surface area contributed by atoms with E-state index in [0.29, 0.717) is 16.9 Å². The van der Waals surface area contributed by atoms with Crippen molar-refractivity contribution in [2.45, 2.75) is 0 Å². The molecule has 0 saturated heterocycles. The minimum atomic E-state index is -0.333. The van der Waals surface area contributed by atoms with Crippen LogP contribution in [0.4, 0.5) is 5.69 Å². The average Bonchev–Trinajstić information content (AvgIpc) is 2.62. The number of H-pyrrole nitrogens is 1. The second kappa shape index (κ2) is 5.79. The lowest BCUT2D eigenvalue weighted by Gasteiger charge is -2.10. The standard InChI is InChI=1S/C16H10N5O2P/c22-13-7-17-14-15(20-13)18-8-19-16(14)23-12-6-5-11(21-24)9-3-1-2-4-10(9)12/h1-8,24H,(H,18,19,20,22). The maximum absolute atomic E-state index is 11.4. The molecule has 0 aliphatic rings. The Kier molecular flexibility index (Phi) is 3.48. The first-order valence-corrected chi connectivity index (χ1v) is 7.48. The van der Waals surface area contributed by atoms with Gasteiger partial charge in [0, 0.05) is 10.8 Å². The molecule has 0 aliphatic heterocycles. The highest BCUT2D eigenvalue weighted by molar-refractivity contribution is 7.04. The number of hydrogen-bond donors (Lipinski definition) is 1. The lowest BCUT2D eigenvalue weighted by atomic mass is 10.1. The second-order valence-electron chi connectivity index (χ2n) is 4.97. The average molecular weight is 335 g/mol. The van der Waals surface area contributed by atoms with Crippen LogP contribution in [0, 0.1) is 0 Å². The van der Waals surface area contributed by atoms with Gasteiger partial charge in [0.05, 0.1) is 11.9 Å². The van der Waals surface area contributed by atoms with Crippen molar-refractivity contribution in [3.63, 3.8) is 0 Å². The van der Waals surface area contributed by atoms with Gasteiger partial charge in [-0.05, 0) is 21.2 Å². The van der Waals surface area contributed by atoms with Gasteiger partial charge in [0.25, 0.3) is 11.4 Å². The second-order valence-corrected chi connectivity index (χ2v) is 5.19. The van der Waals surface area contributed by atoms with Gasteiger partial charge in [-0.15, -0.1) is 0 Å². The third-order valence-electron chi connectivity index (χ3n) is 3.53. The van der Waals surface area contributed by atoms with Gasteiger partial charge >= 0.3 is 0 Å². The summed E-state index contributed by atoms with van der Waals surface area (Å²) in [5.74, 6) is 0.877. The van der Waals surface area contributed by atoms with Gasteiger partial charge in [-0.2, -0.15) is 4.98 Å². The van der Waals surface area contributed by atoms with E-state index in [4.69, 9.17) is 4.74 Å². The van der Waals surface area contributed by atoms with Crippen LogP contribution in [0.1, 0.15) is 0 Å². The van der Waals surface area contributed by atoms with Gasteiger partial charge in [-0.25, -0.2) is 14.7 Å². The zero-order chi connectivity index (χ0) is 16.5. The van der Waals surface area contributed by atoms with Gasteiger partial charge in [-0.1, -0.05) is 24.3 Å². The molecule has 2 heterocycles. The van der Waals surface area contributed by atoms with Crippen LogP contribution in [0.2, 0.25) is 0 Å². The van der Waals surface area contributed by atoms with Crippen molar-refractivity contribution >= 4 is 36.7 Å². The van der Waals surface area contributed by atoms with Gasteiger partial charge in [0.2, 0.25) is 0 Å². The summed E-state index contributed by atoms with van der Waals surface area (Å²) < 4.78 is 10.0. The summed E-state index contributed by atoms with van der Waals surface area (Å²) in [6.07, 6.45) is 2.49. The molecule has 4 rings (SSSR count). The molecule has 116 valence electrons. The van der Waals surface area contributed by atoms with Crippen molar-refractivity contribution in [2.24, 2.45) is 4.74 Å². The monoisotopic (exact) mass is 335 g/mol. The number of rotatable bonds is 3. The van der Waals surface area contributed by atoms with Crippen LogP contribution in [-0.4, -0.2) is 19.9 Å². The Bertz CT molecular complexity index is 1140. The molecule has 0 spiro atoms. The number of ether oxygens (including phenoxy) is 1. The number of nitrogens with zero attached hydrogens (tertiary/aromatic N) is 4. The molecule has 7 nitrogen and oxygen atoms in total. The summed E-state index contributed by atoms with van der Waals surface area (Å²) in [4.78, 5) is 26.2. The third-order valence-corrected chi connectivity index (χ3v) is 3.77.